The minimum atomic E-state index is 0.600. The molecule has 0 radical (unpaired) electrons. The van der Waals surface area contributed by atoms with E-state index < -0.39 is 0 Å². The van der Waals surface area contributed by atoms with E-state index in [2.05, 4.69) is 38.8 Å². The lowest BCUT2D eigenvalue weighted by molar-refractivity contribution is 0.213. The summed E-state index contributed by atoms with van der Waals surface area (Å²) in [5.41, 5.74) is 0. The summed E-state index contributed by atoms with van der Waals surface area (Å²) in [5.74, 6) is 1.11. The van der Waals surface area contributed by atoms with E-state index in [0.717, 1.165) is 32.0 Å². The highest BCUT2D eigenvalue weighted by Gasteiger charge is 2.16. The number of aromatic nitrogens is 3. The molecule has 1 aliphatic rings. The third-order valence-electron chi connectivity index (χ3n) is 3.17. The van der Waals surface area contributed by atoms with E-state index in [0.29, 0.717) is 6.04 Å². The van der Waals surface area contributed by atoms with Gasteiger partial charge < -0.3 is 9.88 Å². The fourth-order valence-electron chi connectivity index (χ4n) is 2.16. The van der Waals surface area contributed by atoms with E-state index in [1.54, 1.807) is 0 Å². The summed E-state index contributed by atoms with van der Waals surface area (Å²) < 4.78 is 2.15. The number of nitrogens with one attached hydrogen (secondary N) is 1. The van der Waals surface area contributed by atoms with E-state index in [1.165, 1.54) is 19.4 Å². The van der Waals surface area contributed by atoms with Gasteiger partial charge in [-0.1, -0.05) is 13.8 Å². The molecule has 5 heteroatoms. The maximum absolute atomic E-state index is 4.13. The van der Waals surface area contributed by atoms with Crippen molar-refractivity contribution in [3.63, 3.8) is 0 Å². The van der Waals surface area contributed by atoms with Crippen LogP contribution >= 0.6 is 0 Å². The third kappa shape index (κ3) is 3.78. The second-order valence-electron chi connectivity index (χ2n) is 5.03. The summed E-state index contributed by atoms with van der Waals surface area (Å²) in [6, 6.07) is 0.600. The zero-order chi connectivity index (χ0) is 12.1. The number of rotatable bonds is 6. The van der Waals surface area contributed by atoms with Gasteiger partial charge in [-0.15, -0.1) is 10.2 Å². The first-order valence-electron chi connectivity index (χ1n) is 6.58. The van der Waals surface area contributed by atoms with Gasteiger partial charge in [0.1, 0.15) is 12.2 Å². The molecule has 0 bridgehead atoms. The maximum Gasteiger partial charge on any atom is 0.147 e. The molecule has 1 aromatic heterocycles. The van der Waals surface area contributed by atoms with Crippen LogP contribution in [-0.4, -0.2) is 45.3 Å². The van der Waals surface area contributed by atoms with E-state index >= 15 is 0 Å². The molecule has 0 fully saturated rings. The molecule has 1 aromatic rings. The van der Waals surface area contributed by atoms with Crippen molar-refractivity contribution >= 4 is 0 Å². The van der Waals surface area contributed by atoms with Crippen molar-refractivity contribution in [1.29, 1.82) is 0 Å². The topological polar surface area (TPSA) is 46.0 Å². The first-order chi connectivity index (χ1) is 8.25. The van der Waals surface area contributed by atoms with Gasteiger partial charge in [-0.05, 0) is 25.9 Å². The zero-order valence-corrected chi connectivity index (χ0v) is 10.9. The molecule has 0 spiro atoms. The van der Waals surface area contributed by atoms with Gasteiger partial charge in [0.2, 0.25) is 0 Å². The number of unbranched alkanes of at least 4 members (excludes halogenated alkanes) is 1. The van der Waals surface area contributed by atoms with Crippen LogP contribution in [0.5, 0.6) is 0 Å². The molecule has 1 N–H and O–H groups in total. The average Bonchev–Trinajstić information content (AvgIpc) is 2.75. The second-order valence-corrected chi connectivity index (χ2v) is 5.03. The Morgan fingerprint density at radius 2 is 2.24 bits per heavy atom. The maximum atomic E-state index is 4.13. The van der Waals surface area contributed by atoms with Crippen molar-refractivity contribution in [3.8, 4) is 0 Å². The van der Waals surface area contributed by atoms with Gasteiger partial charge >= 0.3 is 0 Å². The molecular formula is C12H23N5. The van der Waals surface area contributed by atoms with Gasteiger partial charge in [-0.2, -0.15) is 0 Å². The highest BCUT2D eigenvalue weighted by molar-refractivity contribution is 4.89. The van der Waals surface area contributed by atoms with Crippen molar-refractivity contribution in [1.82, 2.24) is 25.0 Å². The molecule has 0 aromatic carbocycles. The molecule has 2 heterocycles. The highest BCUT2D eigenvalue weighted by Crippen LogP contribution is 2.09. The van der Waals surface area contributed by atoms with Crippen LogP contribution in [0.3, 0.4) is 0 Å². The molecular weight excluding hydrogens is 214 g/mol. The number of nitrogens with zero attached hydrogens (tertiary/aromatic N) is 4. The Bertz CT molecular complexity index is 333. The summed E-state index contributed by atoms with van der Waals surface area (Å²) in [6.45, 7) is 9.80. The second kappa shape index (κ2) is 6.12. The summed E-state index contributed by atoms with van der Waals surface area (Å²) in [6.07, 6.45) is 4.34. The lowest BCUT2D eigenvalue weighted by Crippen LogP contribution is -2.34. The van der Waals surface area contributed by atoms with Crippen molar-refractivity contribution in [2.75, 3.05) is 19.6 Å². The molecule has 1 aliphatic heterocycles. The predicted octanol–water partition coefficient (Wildman–Crippen LogP) is 0.872. The molecule has 0 atom stereocenters. The Kier molecular flexibility index (Phi) is 4.50. The molecule has 2 rings (SSSR count). The van der Waals surface area contributed by atoms with E-state index in [9.17, 15) is 0 Å². The van der Waals surface area contributed by atoms with Crippen molar-refractivity contribution < 1.29 is 0 Å². The Morgan fingerprint density at radius 1 is 1.35 bits per heavy atom. The highest BCUT2D eigenvalue weighted by atomic mass is 15.3. The molecule has 0 aliphatic carbocycles. The molecule has 5 nitrogen and oxygen atoms in total. The molecule has 0 saturated carbocycles. The quantitative estimate of drug-likeness (QED) is 0.746. The van der Waals surface area contributed by atoms with Gasteiger partial charge in [0, 0.05) is 19.1 Å². The molecule has 0 saturated heterocycles. The Balaban J connectivity index is 1.62. The summed E-state index contributed by atoms with van der Waals surface area (Å²) in [5, 5.41) is 11.5. The Hall–Kier alpha value is -0.940. The molecule has 17 heavy (non-hydrogen) atoms. The lowest BCUT2D eigenvalue weighted by Gasteiger charge is -2.26. The largest absolute Gasteiger partial charge is 0.315 e. The summed E-state index contributed by atoms with van der Waals surface area (Å²) in [4.78, 5) is 2.47. The van der Waals surface area contributed by atoms with Gasteiger partial charge in [0.05, 0.1) is 6.54 Å². The van der Waals surface area contributed by atoms with Crippen molar-refractivity contribution in [3.05, 3.63) is 12.2 Å². The van der Waals surface area contributed by atoms with Crippen molar-refractivity contribution in [2.24, 2.45) is 0 Å². The smallest absolute Gasteiger partial charge is 0.147 e. The lowest BCUT2D eigenvalue weighted by atomic mass is 10.2. The van der Waals surface area contributed by atoms with Gasteiger partial charge in [-0.3, -0.25) is 4.90 Å². The minimum absolute atomic E-state index is 0.600. The third-order valence-corrected chi connectivity index (χ3v) is 3.17. The summed E-state index contributed by atoms with van der Waals surface area (Å²) >= 11 is 0. The standard InChI is InChI=1S/C12H23N5/c1-11(2)13-5-3-4-6-16-7-8-17-10-14-15-12(17)9-16/h10-11,13H,3-9H2,1-2H3. The zero-order valence-electron chi connectivity index (χ0n) is 10.9. The van der Waals surface area contributed by atoms with Crippen LogP contribution in [0.4, 0.5) is 0 Å². The Labute approximate surface area is 103 Å². The average molecular weight is 237 g/mol. The number of hydrogen-bond donors (Lipinski definition) is 1. The van der Waals surface area contributed by atoms with Gasteiger partial charge in [0.25, 0.3) is 0 Å². The normalized spacial score (nSPS) is 16.4. The fraction of sp³-hybridized carbons (Fsp3) is 0.833. The molecule has 0 unspecified atom stereocenters. The minimum Gasteiger partial charge on any atom is -0.315 e. The molecule has 0 amide bonds. The van der Waals surface area contributed by atoms with Crippen LogP contribution in [0, 0.1) is 0 Å². The number of fused-ring (bicyclic) bond motifs is 1. The first kappa shape index (κ1) is 12.5. The SMILES string of the molecule is CC(C)NCCCCN1CCn2cnnc2C1. The fourth-order valence-corrected chi connectivity index (χ4v) is 2.16. The van der Waals surface area contributed by atoms with Crippen LogP contribution in [0.1, 0.15) is 32.5 Å². The predicted molar refractivity (Wildman–Crippen MR) is 67.7 cm³/mol. The Morgan fingerprint density at radius 3 is 3.06 bits per heavy atom. The molecule has 96 valence electrons. The van der Waals surface area contributed by atoms with Crippen LogP contribution < -0.4 is 5.32 Å². The van der Waals surface area contributed by atoms with Crippen LogP contribution in [0.2, 0.25) is 0 Å². The van der Waals surface area contributed by atoms with Crippen molar-refractivity contribution in [2.45, 2.75) is 45.8 Å². The van der Waals surface area contributed by atoms with Crippen LogP contribution in [-0.2, 0) is 13.1 Å². The van der Waals surface area contributed by atoms with Gasteiger partial charge in [-0.25, -0.2) is 0 Å². The van der Waals surface area contributed by atoms with E-state index in [4.69, 9.17) is 0 Å². The first-order valence-corrected chi connectivity index (χ1v) is 6.58. The van der Waals surface area contributed by atoms with E-state index in [-0.39, 0.29) is 0 Å². The van der Waals surface area contributed by atoms with E-state index in [1.807, 2.05) is 6.33 Å². The number of hydrogen-bond acceptors (Lipinski definition) is 4. The summed E-state index contributed by atoms with van der Waals surface area (Å²) in [7, 11) is 0. The van der Waals surface area contributed by atoms with Gasteiger partial charge in [0.15, 0.2) is 0 Å². The van der Waals surface area contributed by atoms with Crippen LogP contribution in [0.25, 0.3) is 0 Å². The monoisotopic (exact) mass is 237 g/mol. The van der Waals surface area contributed by atoms with Crippen LogP contribution in [0.15, 0.2) is 6.33 Å².